The van der Waals surface area contributed by atoms with Crippen molar-refractivity contribution in [3.63, 3.8) is 0 Å². The number of amides is 1. The van der Waals surface area contributed by atoms with Gasteiger partial charge in [0.1, 0.15) is 5.76 Å². The molecule has 5 nitrogen and oxygen atoms in total. The van der Waals surface area contributed by atoms with Gasteiger partial charge >= 0.3 is 0 Å². The summed E-state index contributed by atoms with van der Waals surface area (Å²) in [6.07, 6.45) is 8.42. The van der Waals surface area contributed by atoms with Gasteiger partial charge in [0.2, 0.25) is 0 Å². The average Bonchev–Trinajstić information content (AvgIpc) is 3.25. The van der Waals surface area contributed by atoms with Gasteiger partial charge in [-0.2, -0.15) is 0 Å². The van der Waals surface area contributed by atoms with Crippen molar-refractivity contribution in [3.8, 4) is 0 Å². The van der Waals surface area contributed by atoms with E-state index in [0.29, 0.717) is 24.1 Å². The topological polar surface area (TPSA) is 64.4 Å². The number of hydrogen-bond donors (Lipinski definition) is 1. The van der Waals surface area contributed by atoms with Gasteiger partial charge in [0, 0.05) is 19.1 Å². The second-order valence-electron chi connectivity index (χ2n) is 6.32. The first-order valence-corrected chi connectivity index (χ1v) is 8.04. The van der Waals surface area contributed by atoms with Crippen LogP contribution < -0.4 is 5.32 Å². The van der Waals surface area contributed by atoms with E-state index in [1.807, 2.05) is 0 Å². The zero-order valence-electron chi connectivity index (χ0n) is 12.6. The van der Waals surface area contributed by atoms with Crippen LogP contribution in [0.5, 0.6) is 0 Å². The van der Waals surface area contributed by atoms with Crippen molar-refractivity contribution in [2.75, 3.05) is 13.7 Å². The molecule has 1 unspecified atom stereocenters. The van der Waals surface area contributed by atoms with Gasteiger partial charge < -0.3 is 14.6 Å². The fourth-order valence-corrected chi connectivity index (χ4v) is 3.21. The minimum absolute atomic E-state index is 0.0730. The Labute approximate surface area is 125 Å². The average molecular weight is 292 g/mol. The molecule has 1 atom stereocenters. The highest BCUT2D eigenvalue weighted by Crippen LogP contribution is 2.40. The summed E-state index contributed by atoms with van der Waals surface area (Å²) in [7, 11) is 1.68. The van der Waals surface area contributed by atoms with Gasteiger partial charge in [-0.3, -0.25) is 4.79 Å². The molecule has 1 aromatic heterocycles. The van der Waals surface area contributed by atoms with E-state index in [1.165, 1.54) is 32.1 Å². The number of methoxy groups -OCH3 is 1. The first-order chi connectivity index (χ1) is 10.3. The lowest BCUT2D eigenvalue weighted by molar-refractivity contribution is 0.0816. The minimum atomic E-state index is -0.140. The Balaban J connectivity index is 1.61. The van der Waals surface area contributed by atoms with Crippen LogP contribution in [-0.4, -0.2) is 30.8 Å². The third kappa shape index (κ3) is 3.64. The van der Waals surface area contributed by atoms with Crippen molar-refractivity contribution >= 4 is 5.91 Å². The van der Waals surface area contributed by atoms with Gasteiger partial charge in [-0.1, -0.05) is 24.4 Å². The monoisotopic (exact) mass is 292 g/mol. The number of rotatable bonds is 6. The van der Waals surface area contributed by atoms with Gasteiger partial charge in [-0.05, 0) is 31.6 Å². The Bertz CT molecular complexity index is 476. The molecule has 1 N–H and O–H groups in total. The largest absolute Gasteiger partial charge is 0.383 e. The van der Waals surface area contributed by atoms with Gasteiger partial charge in [0.25, 0.3) is 5.91 Å². The number of carbonyl (C=O) groups is 1. The molecular weight excluding hydrogens is 268 g/mol. The maximum Gasteiger partial charge on any atom is 0.273 e. The van der Waals surface area contributed by atoms with Crippen molar-refractivity contribution in [2.24, 2.45) is 5.92 Å². The van der Waals surface area contributed by atoms with E-state index >= 15 is 0 Å². The molecule has 0 saturated heterocycles. The van der Waals surface area contributed by atoms with Gasteiger partial charge in [0.05, 0.1) is 12.6 Å². The van der Waals surface area contributed by atoms with Gasteiger partial charge in [-0.15, -0.1) is 0 Å². The molecule has 0 spiro atoms. The smallest absolute Gasteiger partial charge is 0.273 e. The number of nitrogens with zero attached hydrogens (tertiary/aromatic N) is 1. The van der Waals surface area contributed by atoms with Crippen molar-refractivity contribution < 1.29 is 14.1 Å². The van der Waals surface area contributed by atoms with Crippen LogP contribution in [-0.2, 0) is 4.74 Å². The minimum Gasteiger partial charge on any atom is -0.383 e. The second-order valence-corrected chi connectivity index (χ2v) is 6.32. The SMILES string of the molecule is COCC(NC(=O)c1cc(C2CC2)on1)C1CCCCC1. The molecule has 116 valence electrons. The van der Waals surface area contributed by atoms with Crippen molar-refractivity contribution in [1.29, 1.82) is 0 Å². The highest BCUT2D eigenvalue weighted by atomic mass is 16.5. The Morgan fingerprint density at radius 3 is 2.81 bits per heavy atom. The third-order valence-corrected chi connectivity index (χ3v) is 4.62. The molecule has 1 aromatic rings. The van der Waals surface area contributed by atoms with Crippen molar-refractivity contribution in [1.82, 2.24) is 10.5 Å². The number of aromatic nitrogens is 1. The molecule has 21 heavy (non-hydrogen) atoms. The first-order valence-electron chi connectivity index (χ1n) is 8.04. The van der Waals surface area contributed by atoms with E-state index in [1.54, 1.807) is 13.2 Å². The van der Waals surface area contributed by atoms with Crippen LogP contribution in [0.15, 0.2) is 10.6 Å². The summed E-state index contributed by atoms with van der Waals surface area (Å²) >= 11 is 0. The molecule has 3 rings (SSSR count). The lowest BCUT2D eigenvalue weighted by atomic mass is 9.84. The van der Waals surface area contributed by atoms with Gasteiger partial charge in [-0.25, -0.2) is 0 Å². The van der Waals surface area contributed by atoms with Crippen LogP contribution in [0, 0.1) is 5.92 Å². The zero-order valence-corrected chi connectivity index (χ0v) is 12.6. The van der Waals surface area contributed by atoms with Crippen LogP contribution >= 0.6 is 0 Å². The highest BCUT2D eigenvalue weighted by molar-refractivity contribution is 5.92. The van der Waals surface area contributed by atoms with Crippen LogP contribution in [0.25, 0.3) is 0 Å². The zero-order chi connectivity index (χ0) is 14.7. The van der Waals surface area contributed by atoms with Crippen molar-refractivity contribution in [2.45, 2.75) is 56.9 Å². The van der Waals surface area contributed by atoms with E-state index in [4.69, 9.17) is 9.26 Å². The summed E-state index contributed by atoms with van der Waals surface area (Å²) in [5, 5.41) is 7.00. The van der Waals surface area contributed by atoms with E-state index in [9.17, 15) is 4.79 Å². The third-order valence-electron chi connectivity index (χ3n) is 4.62. The molecule has 2 aliphatic carbocycles. The quantitative estimate of drug-likeness (QED) is 0.875. The maximum absolute atomic E-state index is 12.3. The Kier molecular flexibility index (Phi) is 4.58. The normalized spacial score (nSPS) is 21.2. The molecule has 0 aliphatic heterocycles. The summed E-state index contributed by atoms with van der Waals surface area (Å²) in [5.74, 6) is 1.70. The van der Waals surface area contributed by atoms with Crippen LogP contribution in [0.3, 0.4) is 0 Å². The second kappa shape index (κ2) is 6.60. The number of ether oxygens (including phenoxy) is 1. The first kappa shape index (κ1) is 14.6. The van der Waals surface area contributed by atoms with Crippen LogP contribution in [0.4, 0.5) is 0 Å². The van der Waals surface area contributed by atoms with Crippen LogP contribution in [0.2, 0.25) is 0 Å². The molecule has 2 fully saturated rings. The number of hydrogen-bond acceptors (Lipinski definition) is 4. The highest BCUT2D eigenvalue weighted by Gasteiger charge is 2.30. The molecule has 1 amide bonds. The lowest BCUT2D eigenvalue weighted by Crippen LogP contribution is -2.44. The molecule has 5 heteroatoms. The van der Waals surface area contributed by atoms with E-state index in [0.717, 1.165) is 18.6 Å². The molecule has 0 radical (unpaired) electrons. The summed E-state index contributed by atoms with van der Waals surface area (Å²) in [5.41, 5.74) is 0.397. The van der Waals surface area contributed by atoms with Crippen molar-refractivity contribution in [3.05, 3.63) is 17.5 Å². The molecule has 2 saturated carbocycles. The predicted molar refractivity (Wildman–Crippen MR) is 78.2 cm³/mol. The summed E-state index contributed by atoms with van der Waals surface area (Å²) in [6, 6.07) is 1.86. The summed E-state index contributed by atoms with van der Waals surface area (Å²) in [6.45, 7) is 0.559. The molecule has 2 aliphatic rings. The summed E-state index contributed by atoms with van der Waals surface area (Å²) in [4.78, 5) is 12.3. The van der Waals surface area contributed by atoms with E-state index in [2.05, 4.69) is 10.5 Å². The molecule has 0 bridgehead atoms. The fraction of sp³-hybridized carbons (Fsp3) is 0.750. The Morgan fingerprint density at radius 2 is 2.14 bits per heavy atom. The summed E-state index contributed by atoms with van der Waals surface area (Å²) < 4.78 is 10.5. The van der Waals surface area contributed by atoms with Crippen LogP contribution in [0.1, 0.15) is 67.1 Å². The van der Waals surface area contributed by atoms with E-state index in [-0.39, 0.29) is 11.9 Å². The maximum atomic E-state index is 12.3. The van der Waals surface area contributed by atoms with Gasteiger partial charge in [0.15, 0.2) is 5.69 Å². The number of nitrogens with one attached hydrogen (secondary N) is 1. The Morgan fingerprint density at radius 1 is 1.38 bits per heavy atom. The number of carbonyl (C=O) groups excluding carboxylic acids is 1. The molecule has 0 aromatic carbocycles. The van der Waals surface area contributed by atoms with E-state index < -0.39 is 0 Å². The standard InChI is InChI=1S/C16H24N2O3/c1-20-10-14(11-5-3-2-4-6-11)17-16(19)13-9-15(21-18-13)12-7-8-12/h9,11-12,14H,2-8,10H2,1H3,(H,17,19). The molecule has 1 heterocycles. The molecular formula is C16H24N2O3. The fourth-order valence-electron chi connectivity index (χ4n) is 3.21. The predicted octanol–water partition coefficient (Wildman–Crippen LogP) is 2.88. The lowest BCUT2D eigenvalue weighted by Gasteiger charge is -2.30. The Hall–Kier alpha value is -1.36.